The average molecular weight is 938 g/mol. The number of non-ortho nitro benzene ring substituents is 1. The van der Waals surface area contributed by atoms with Gasteiger partial charge in [-0.25, -0.2) is 25.3 Å². The Morgan fingerprint density at radius 3 is 1.59 bits per heavy atom. The monoisotopic (exact) mass is 937 g/mol. The minimum atomic E-state index is -5.49. The Balaban J connectivity index is 0.00000410. The fourth-order valence-corrected chi connectivity index (χ4v) is 7.59. The molecular formula is C34H25K2N11O11S3. The van der Waals surface area contributed by atoms with E-state index in [0.29, 0.717) is 34.9 Å². The molecule has 0 aliphatic carbocycles. The zero-order valence-electron chi connectivity index (χ0n) is 31.4. The van der Waals surface area contributed by atoms with Crippen LogP contribution in [-0.2, 0) is 30.3 Å². The number of rotatable bonds is 12. The third kappa shape index (κ3) is 11.8. The SMILES string of the molecule is Nc1ccc(N=Nc2ccc(NS(=O)(=O)c3ccc(N=Nc4c(S(=O)(=O)[O-])cc5cc(S(=O)(=O)[O-])c(N=Nc6ccc([N+](=O)[O-])cc6)c(N)c5c4O)cc3)cc2)c(N)c1.[K+].[K+]. The normalized spacial score (nSPS) is 12.1. The van der Waals surface area contributed by atoms with Crippen LogP contribution >= 0.6 is 0 Å². The Kier molecular flexibility index (Phi) is 16.1. The van der Waals surface area contributed by atoms with Gasteiger partial charge < -0.3 is 31.4 Å². The number of phenolic OH excluding ortho intramolecular Hbond substituents is 1. The summed E-state index contributed by atoms with van der Waals surface area (Å²) < 4.78 is 102. The van der Waals surface area contributed by atoms with Gasteiger partial charge in [-0.3, -0.25) is 14.8 Å². The van der Waals surface area contributed by atoms with Gasteiger partial charge in [-0.2, -0.15) is 15.3 Å². The van der Waals surface area contributed by atoms with E-state index in [-0.39, 0.29) is 130 Å². The molecule has 0 bridgehead atoms. The second-order valence-electron chi connectivity index (χ2n) is 12.1. The number of nitro groups is 1. The molecule has 0 saturated heterocycles. The van der Waals surface area contributed by atoms with Crippen LogP contribution < -0.4 is 125 Å². The summed E-state index contributed by atoms with van der Waals surface area (Å²) in [6, 6.07) is 20.9. The van der Waals surface area contributed by atoms with E-state index in [4.69, 9.17) is 17.2 Å². The van der Waals surface area contributed by atoms with Crippen LogP contribution in [-0.4, -0.2) is 44.4 Å². The van der Waals surface area contributed by atoms with Crippen molar-refractivity contribution in [3.63, 3.8) is 0 Å². The Morgan fingerprint density at radius 1 is 0.607 bits per heavy atom. The number of azo groups is 3. The van der Waals surface area contributed by atoms with Crippen molar-refractivity contribution in [3.8, 4) is 5.75 Å². The van der Waals surface area contributed by atoms with Gasteiger partial charge in [0.25, 0.3) is 15.7 Å². The fourth-order valence-electron chi connectivity index (χ4n) is 5.23. The summed E-state index contributed by atoms with van der Waals surface area (Å²) in [5.41, 5.74) is 16.5. The third-order valence-corrected chi connectivity index (χ3v) is 11.1. The van der Waals surface area contributed by atoms with E-state index in [1.165, 1.54) is 42.5 Å². The van der Waals surface area contributed by atoms with Crippen molar-refractivity contribution in [1.82, 2.24) is 0 Å². The summed E-state index contributed by atoms with van der Waals surface area (Å²) >= 11 is 0. The van der Waals surface area contributed by atoms with Crippen LogP contribution in [0, 0.1) is 10.1 Å². The Bertz CT molecular complexity index is 3100. The van der Waals surface area contributed by atoms with E-state index in [9.17, 15) is 49.6 Å². The first-order valence-corrected chi connectivity index (χ1v) is 20.4. The number of hydrogen-bond acceptors (Lipinski definition) is 20. The van der Waals surface area contributed by atoms with Gasteiger partial charge in [0.15, 0.2) is 5.75 Å². The number of nitrogens with two attached hydrogens (primary N) is 3. The molecule has 6 rings (SSSR count). The molecule has 22 nitrogen and oxygen atoms in total. The maximum absolute atomic E-state index is 13.1. The molecule has 0 heterocycles. The molecule has 302 valence electrons. The van der Waals surface area contributed by atoms with Crippen LogP contribution in [0.3, 0.4) is 0 Å². The second-order valence-corrected chi connectivity index (χ2v) is 16.4. The molecule has 0 aromatic heterocycles. The molecule has 0 unspecified atom stereocenters. The quantitative estimate of drug-likeness (QED) is 0.0286. The van der Waals surface area contributed by atoms with E-state index in [2.05, 4.69) is 35.4 Å². The van der Waals surface area contributed by atoms with E-state index in [1.54, 1.807) is 12.1 Å². The van der Waals surface area contributed by atoms with Crippen LogP contribution in [0.2, 0.25) is 0 Å². The topological polar surface area (TPSA) is 376 Å². The van der Waals surface area contributed by atoms with Crippen LogP contribution in [0.5, 0.6) is 5.75 Å². The second kappa shape index (κ2) is 19.9. The van der Waals surface area contributed by atoms with Gasteiger partial charge in [0, 0.05) is 23.5 Å². The molecular weight excluding hydrogens is 913 g/mol. The summed E-state index contributed by atoms with van der Waals surface area (Å²) in [7, 11) is -15.1. The fraction of sp³-hybridized carbons (Fsp3) is 0. The van der Waals surface area contributed by atoms with Gasteiger partial charge >= 0.3 is 103 Å². The zero-order chi connectivity index (χ0) is 42.9. The molecule has 0 aliphatic heterocycles. The first-order chi connectivity index (χ1) is 27.7. The summed E-state index contributed by atoms with van der Waals surface area (Å²) in [5.74, 6) is -1.09. The first-order valence-electron chi connectivity index (χ1n) is 16.1. The summed E-state index contributed by atoms with van der Waals surface area (Å²) in [6.45, 7) is 0. The molecule has 27 heteroatoms. The van der Waals surface area contributed by atoms with Gasteiger partial charge in [0.1, 0.15) is 37.3 Å². The van der Waals surface area contributed by atoms with E-state index >= 15 is 0 Å². The van der Waals surface area contributed by atoms with E-state index < -0.39 is 78.6 Å². The smallest absolute Gasteiger partial charge is 0.744 e. The van der Waals surface area contributed by atoms with Crippen LogP contribution in [0.1, 0.15) is 0 Å². The largest absolute Gasteiger partial charge is 1.00 e. The predicted octanol–water partition coefficient (Wildman–Crippen LogP) is 1.06. The number of hydrogen-bond donors (Lipinski definition) is 5. The molecule has 0 saturated carbocycles. The van der Waals surface area contributed by atoms with Crippen molar-refractivity contribution in [1.29, 1.82) is 0 Å². The van der Waals surface area contributed by atoms with Crippen LogP contribution in [0.25, 0.3) is 10.8 Å². The number of nitrogen functional groups attached to an aromatic ring is 3. The zero-order valence-corrected chi connectivity index (χ0v) is 40.1. The average Bonchev–Trinajstić information content (AvgIpc) is 3.16. The standard InChI is InChI=1S/C34H27N11O11S3.2K/c35-19-1-14-27(26(36)17-19)41-38-20-2-4-23(5-3-20)44-57(49,50)25-12-8-22(9-13-25)40-43-33-29(59(54,55)56)16-18-15-28(58(51,52)53)32(31(37)30(18)34(33)46)42-39-21-6-10-24(11-7-21)45(47)48;;/h1-17,44,46H,35-37H2,(H,51,52,53)(H,54,55,56);;/q;2*+1/p-2. The van der Waals surface area contributed by atoms with Gasteiger partial charge in [-0.15, -0.1) is 15.3 Å². The molecule has 6 aromatic carbocycles. The van der Waals surface area contributed by atoms with Crippen LogP contribution in [0.15, 0.2) is 149 Å². The summed E-state index contributed by atoms with van der Waals surface area (Å²) in [6.07, 6.45) is 0. The molecule has 0 amide bonds. The molecule has 0 radical (unpaired) electrons. The molecule has 0 fully saturated rings. The molecule has 6 aromatic rings. The van der Waals surface area contributed by atoms with Gasteiger partial charge in [-0.1, -0.05) is 0 Å². The number of aromatic hydroxyl groups is 1. The summed E-state index contributed by atoms with van der Waals surface area (Å²) in [4.78, 5) is 7.74. The van der Waals surface area contributed by atoms with Crippen molar-refractivity contribution in [2.75, 3.05) is 21.9 Å². The number of benzene rings is 6. The molecule has 0 aliphatic rings. The van der Waals surface area contributed by atoms with Crippen molar-refractivity contribution in [3.05, 3.63) is 113 Å². The number of fused-ring (bicyclic) bond motifs is 1. The number of phenols is 1. The van der Waals surface area contributed by atoms with Crippen molar-refractivity contribution >= 4 is 104 Å². The van der Waals surface area contributed by atoms with Crippen molar-refractivity contribution in [2.24, 2.45) is 30.7 Å². The van der Waals surface area contributed by atoms with Gasteiger partial charge in [-0.05, 0) is 96.4 Å². The minimum Gasteiger partial charge on any atom is -0.744 e. The third-order valence-electron chi connectivity index (χ3n) is 8.04. The Labute approximate surface area is 431 Å². The molecule has 0 spiro atoms. The predicted molar refractivity (Wildman–Crippen MR) is 211 cm³/mol. The first kappa shape index (κ1) is 49.5. The number of nitrogens with zero attached hydrogens (tertiary/aromatic N) is 7. The number of sulfonamides is 1. The number of anilines is 4. The van der Waals surface area contributed by atoms with Crippen molar-refractivity contribution < 1.29 is 147 Å². The maximum Gasteiger partial charge on any atom is 1.00 e. The molecule has 0 atom stereocenters. The van der Waals surface area contributed by atoms with E-state index in [1.807, 2.05) is 0 Å². The number of nitrogens with one attached hydrogen (secondary N) is 1. The minimum absolute atomic E-state index is 0. The molecule has 61 heavy (non-hydrogen) atoms. The number of nitro benzene ring substituents is 1. The van der Waals surface area contributed by atoms with Crippen LogP contribution in [0.4, 0.5) is 62.6 Å². The van der Waals surface area contributed by atoms with Gasteiger partial charge in [0.2, 0.25) is 0 Å². The maximum atomic E-state index is 13.1. The molecule has 8 N–H and O–H groups in total. The summed E-state index contributed by atoms with van der Waals surface area (Å²) in [5, 5.41) is 44.4. The Hall–Kier alpha value is -4.18. The van der Waals surface area contributed by atoms with E-state index in [0.717, 1.165) is 36.4 Å². The van der Waals surface area contributed by atoms with Gasteiger partial charge in [0.05, 0.1) is 53.4 Å². The van der Waals surface area contributed by atoms with Crippen molar-refractivity contribution in [2.45, 2.75) is 14.7 Å². The Morgan fingerprint density at radius 2 is 1.08 bits per heavy atom.